The first-order valence-corrected chi connectivity index (χ1v) is 9.73. The van der Waals surface area contributed by atoms with Gasteiger partial charge in [-0.25, -0.2) is 0 Å². The maximum absolute atomic E-state index is 12.4. The molecule has 26 heavy (non-hydrogen) atoms. The summed E-state index contributed by atoms with van der Waals surface area (Å²) in [5.74, 6) is 1.14. The van der Waals surface area contributed by atoms with E-state index in [1.54, 1.807) is 0 Å². The van der Waals surface area contributed by atoms with E-state index < -0.39 is 6.10 Å². The van der Waals surface area contributed by atoms with Crippen molar-refractivity contribution in [3.8, 4) is 0 Å². The van der Waals surface area contributed by atoms with E-state index in [1.807, 2.05) is 74.5 Å². The second-order valence-electron chi connectivity index (χ2n) is 6.32. The molecule has 4 nitrogen and oxygen atoms in total. The fraction of sp³-hybridized carbons (Fsp3) is 0.286. The van der Waals surface area contributed by atoms with E-state index in [0.29, 0.717) is 5.75 Å². The van der Waals surface area contributed by atoms with Gasteiger partial charge in [-0.3, -0.25) is 4.79 Å². The highest BCUT2D eigenvalue weighted by Gasteiger charge is 2.20. The molecule has 0 saturated carbocycles. The van der Waals surface area contributed by atoms with Crippen LogP contribution in [-0.4, -0.2) is 22.0 Å². The van der Waals surface area contributed by atoms with Crippen LogP contribution in [0.1, 0.15) is 37.3 Å². The van der Waals surface area contributed by atoms with Crippen molar-refractivity contribution in [3.05, 3.63) is 72.0 Å². The number of fused-ring (bicyclic) bond motifs is 1. The van der Waals surface area contributed by atoms with Gasteiger partial charge in [0.2, 0.25) is 5.91 Å². The molecular weight excluding hydrogens is 346 g/mol. The smallest absolute Gasteiger partial charge is 0.233 e. The normalized spacial score (nSPS) is 14.7. The molecule has 2 aromatic carbocycles. The van der Waals surface area contributed by atoms with E-state index in [2.05, 4.69) is 5.32 Å². The summed E-state index contributed by atoms with van der Waals surface area (Å²) in [4.78, 5) is 12.4. The number of carbonyl (C=O) groups is 1. The van der Waals surface area contributed by atoms with E-state index in [1.165, 1.54) is 11.8 Å². The average Bonchev–Trinajstić information content (AvgIpc) is 3.10. The highest BCUT2D eigenvalue weighted by atomic mass is 32.2. The van der Waals surface area contributed by atoms with Crippen LogP contribution in [0.4, 0.5) is 0 Å². The summed E-state index contributed by atoms with van der Waals surface area (Å²) in [7, 11) is 0. The van der Waals surface area contributed by atoms with Crippen molar-refractivity contribution in [1.29, 1.82) is 0 Å². The number of hydrogen-bond acceptors (Lipinski definition) is 4. The van der Waals surface area contributed by atoms with Gasteiger partial charge in [0.05, 0.1) is 17.4 Å². The lowest BCUT2D eigenvalue weighted by Gasteiger charge is -2.17. The Labute approximate surface area is 157 Å². The minimum atomic E-state index is -0.579. The largest absolute Gasteiger partial charge is 0.459 e. The van der Waals surface area contributed by atoms with Gasteiger partial charge in [0, 0.05) is 11.1 Å². The number of amides is 1. The Morgan fingerprint density at radius 2 is 1.81 bits per heavy atom. The number of para-hydroxylation sites is 1. The Kier molecular flexibility index (Phi) is 6.01. The molecule has 5 heteroatoms. The topological polar surface area (TPSA) is 62.5 Å². The second kappa shape index (κ2) is 8.43. The van der Waals surface area contributed by atoms with Crippen LogP contribution in [0, 0.1) is 0 Å². The number of rotatable bonds is 7. The fourth-order valence-corrected chi connectivity index (χ4v) is 3.58. The number of aliphatic hydroxyl groups excluding tert-OH is 1. The van der Waals surface area contributed by atoms with Gasteiger partial charge in [0.15, 0.2) is 0 Å². The number of hydrogen-bond donors (Lipinski definition) is 2. The maximum atomic E-state index is 12.4. The zero-order chi connectivity index (χ0) is 18.5. The Morgan fingerprint density at radius 1 is 1.12 bits per heavy atom. The lowest BCUT2D eigenvalue weighted by molar-refractivity contribution is -0.121. The van der Waals surface area contributed by atoms with Gasteiger partial charge in [-0.05, 0) is 31.5 Å². The summed E-state index contributed by atoms with van der Waals surface area (Å²) in [6, 6.07) is 19.0. The molecule has 0 saturated heterocycles. The van der Waals surface area contributed by atoms with E-state index in [0.717, 1.165) is 22.3 Å². The average molecular weight is 369 g/mol. The van der Waals surface area contributed by atoms with Crippen LogP contribution in [-0.2, 0) is 4.79 Å². The number of furan rings is 1. The summed E-state index contributed by atoms with van der Waals surface area (Å²) in [5.41, 5.74) is 1.68. The van der Waals surface area contributed by atoms with Gasteiger partial charge in [-0.2, -0.15) is 0 Å². The molecule has 0 fully saturated rings. The number of benzene rings is 2. The van der Waals surface area contributed by atoms with Crippen molar-refractivity contribution < 1.29 is 14.3 Å². The second-order valence-corrected chi connectivity index (χ2v) is 7.69. The van der Waals surface area contributed by atoms with E-state index in [9.17, 15) is 9.90 Å². The van der Waals surface area contributed by atoms with Crippen molar-refractivity contribution in [2.45, 2.75) is 31.2 Å². The Bertz CT molecular complexity index is 829. The van der Waals surface area contributed by atoms with E-state index >= 15 is 0 Å². The van der Waals surface area contributed by atoms with Gasteiger partial charge in [-0.1, -0.05) is 48.5 Å². The maximum Gasteiger partial charge on any atom is 0.233 e. The Hall–Kier alpha value is -2.24. The third kappa shape index (κ3) is 4.48. The van der Waals surface area contributed by atoms with Crippen molar-refractivity contribution in [3.63, 3.8) is 0 Å². The lowest BCUT2D eigenvalue weighted by atomic mass is 10.1. The van der Waals surface area contributed by atoms with E-state index in [-0.39, 0.29) is 17.2 Å². The molecular formula is C21H23NO3S. The first-order chi connectivity index (χ1) is 12.5. The van der Waals surface area contributed by atoms with Crippen LogP contribution in [0.25, 0.3) is 11.0 Å². The minimum absolute atomic E-state index is 0.0665. The molecule has 0 bridgehead atoms. The van der Waals surface area contributed by atoms with Crippen LogP contribution in [0.2, 0.25) is 0 Å². The van der Waals surface area contributed by atoms with E-state index in [4.69, 9.17) is 4.42 Å². The van der Waals surface area contributed by atoms with Crippen LogP contribution in [0.15, 0.2) is 65.1 Å². The van der Waals surface area contributed by atoms with Crippen molar-refractivity contribution in [2.75, 3.05) is 5.75 Å². The summed E-state index contributed by atoms with van der Waals surface area (Å²) in [6.07, 6.45) is -0.579. The van der Waals surface area contributed by atoms with Crippen molar-refractivity contribution in [2.24, 2.45) is 0 Å². The molecule has 0 radical (unpaired) electrons. The highest BCUT2D eigenvalue weighted by Crippen LogP contribution is 2.25. The van der Waals surface area contributed by atoms with Gasteiger partial charge in [-0.15, -0.1) is 11.8 Å². The molecule has 0 aliphatic heterocycles. The van der Waals surface area contributed by atoms with Gasteiger partial charge < -0.3 is 14.8 Å². The Morgan fingerprint density at radius 3 is 2.54 bits per heavy atom. The Balaban J connectivity index is 1.53. The van der Waals surface area contributed by atoms with Crippen LogP contribution >= 0.6 is 11.8 Å². The van der Waals surface area contributed by atoms with Crippen LogP contribution < -0.4 is 5.32 Å². The summed E-state index contributed by atoms with van der Waals surface area (Å²) in [6.45, 7) is 3.76. The van der Waals surface area contributed by atoms with Gasteiger partial charge in [0.25, 0.3) is 0 Å². The fourth-order valence-electron chi connectivity index (χ4n) is 2.70. The SMILES string of the molecule is CC(SCC(O)c1ccccc1)C(=O)NC(C)c1cc2ccccc2o1. The van der Waals surface area contributed by atoms with Crippen LogP contribution in [0.3, 0.4) is 0 Å². The minimum Gasteiger partial charge on any atom is -0.459 e. The zero-order valence-electron chi connectivity index (χ0n) is 14.9. The molecule has 3 rings (SSSR count). The van der Waals surface area contributed by atoms with Gasteiger partial charge >= 0.3 is 0 Å². The zero-order valence-corrected chi connectivity index (χ0v) is 15.7. The number of carbonyl (C=O) groups excluding carboxylic acids is 1. The lowest BCUT2D eigenvalue weighted by Crippen LogP contribution is -2.33. The molecule has 0 aliphatic carbocycles. The molecule has 3 unspecified atom stereocenters. The molecule has 1 amide bonds. The summed E-state index contributed by atoms with van der Waals surface area (Å²) >= 11 is 1.44. The first-order valence-electron chi connectivity index (χ1n) is 8.68. The third-order valence-electron chi connectivity index (χ3n) is 4.29. The number of aliphatic hydroxyl groups is 1. The molecule has 3 atom stereocenters. The molecule has 1 heterocycles. The van der Waals surface area contributed by atoms with Crippen molar-refractivity contribution >= 4 is 28.6 Å². The van der Waals surface area contributed by atoms with Crippen molar-refractivity contribution in [1.82, 2.24) is 5.32 Å². The third-order valence-corrected chi connectivity index (χ3v) is 5.51. The quantitative estimate of drug-likeness (QED) is 0.645. The summed E-state index contributed by atoms with van der Waals surface area (Å²) < 4.78 is 5.80. The molecule has 0 aliphatic rings. The molecule has 0 spiro atoms. The van der Waals surface area contributed by atoms with Crippen LogP contribution in [0.5, 0.6) is 0 Å². The monoisotopic (exact) mass is 369 g/mol. The predicted molar refractivity (Wildman–Crippen MR) is 106 cm³/mol. The molecule has 1 aromatic heterocycles. The molecule has 3 aromatic rings. The van der Waals surface area contributed by atoms with Gasteiger partial charge in [0.1, 0.15) is 11.3 Å². The molecule has 2 N–H and O–H groups in total. The summed E-state index contributed by atoms with van der Waals surface area (Å²) in [5, 5.41) is 14.0. The predicted octanol–water partition coefficient (Wildman–Crippen LogP) is 4.47. The standard InChI is InChI=1S/C21H23NO3S/c1-14(20-12-17-10-6-7-11-19(17)25-20)22-21(24)15(2)26-13-18(23)16-8-4-3-5-9-16/h3-12,14-15,18,23H,13H2,1-2H3,(H,22,24). The highest BCUT2D eigenvalue weighted by molar-refractivity contribution is 8.00. The molecule has 136 valence electrons. The first kappa shape index (κ1) is 18.5. The number of nitrogens with one attached hydrogen (secondary N) is 1. The number of thioether (sulfide) groups is 1.